The molecule has 4 amide bonds. The van der Waals surface area contributed by atoms with Gasteiger partial charge in [0.15, 0.2) is 0 Å². The number of methoxy groups -OCH3 is 1. The Hall–Kier alpha value is -4.39. The second kappa shape index (κ2) is 20.5. The van der Waals surface area contributed by atoms with E-state index in [1.165, 1.54) is 21.0 Å². The predicted molar refractivity (Wildman–Crippen MR) is 237 cm³/mol. The standard InChI is InChI=1S/C43H55BClIN4O10/c1-25(36(51)47-26(2)37(52)49-34(39(54)56-10)21-28-16-17-35(32(46)20-28)57-24-27-14-12-11-13-15-27)48-38(53)33(50-40(55)58-41(3,4)5)22-29-18-30(23-31(45)19-29)44-59-42(6,7)43(8,9)60-44/h11-20,23,25-26,33-34H,21-22,24H2,1-10H3,(H,47,51)(H,48,53)(H,49,52)(H,50,55)/t25-,26-,33-,34-/m0/s1. The summed E-state index contributed by atoms with van der Waals surface area (Å²) in [5, 5.41) is 10.8. The SMILES string of the molecule is COC(=O)[C@H](Cc1ccc(OCc2ccccc2)c(I)c1)NC(=O)[C@H](C)NC(=O)[C@H](C)NC(=O)[C@H](Cc1cc(Cl)cc(B2OC(C)(C)C(C)(C)O2)c1)NC(=O)OC(C)(C)C. The molecule has 1 saturated heterocycles. The van der Waals surface area contributed by atoms with Gasteiger partial charge in [0.25, 0.3) is 0 Å². The summed E-state index contributed by atoms with van der Waals surface area (Å²) in [7, 11) is 0.488. The Labute approximate surface area is 371 Å². The smallest absolute Gasteiger partial charge is 0.488 e. The van der Waals surface area contributed by atoms with E-state index in [9.17, 15) is 24.0 Å². The van der Waals surface area contributed by atoms with E-state index in [1.54, 1.807) is 51.1 Å². The highest BCUT2D eigenvalue weighted by atomic mass is 127. The van der Waals surface area contributed by atoms with Crippen molar-refractivity contribution in [2.24, 2.45) is 0 Å². The minimum absolute atomic E-state index is 0.0390. The van der Waals surface area contributed by atoms with Crippen molar-refractivity contribution in [1.82, 2.24) is 21.3 Å². The summed E-state index contributed by atoms with van der Waals surface area (Å²) in [5.41, 5.74) is 0.890. The fourth-order valence-corrected chi connectivity index (χ4v) is 6.98. The van der Waals surface area contributed by atoms with Gasteiger partial charge >= 0.3 is 19.2 Å². The number of ether oxygens (including phenoxy) is 3. The Balaban J connectivity index is 1.40. The largest absolute Gasteiger partial charge is 0.494 e. The van der Waals surface area contributed by atoms with E-state index < -0.39 is 77.9 Å². The van der Waals surface area contributed by atoms with Gasteiger partial charge in [-0.1, -0.05) is 54.1 Å². The lowest BCUT2D eigenvalue weighted by Gasteiger charge is -2.32. The van der Waals surface area contributed by atoms with Crippen molar-refractivity contribution in [3.05, 3.63) is 92.0 Å². The van der Waals surface area contributed by atoms with E-state index in [-0.39, 0.29) is 12.8 Å². The van der Waals surface area contributed by atoms with E-state index in [4.69, 9.17) is 35.1 Å². The third-order valence-electron chi connectivity index (χ3n) is 9.93. The van der Waals surface area contributed by atoms with Gasteiger partial charge < -0.3 is 44.8 Å². The Kier molecular flexibility index (Phi) is 16.5. The molecule has 14 nitrogen and oxygen atoms in total. The number of nitrogens with one attached hydrogen (secondary N) is 4. The maximum Gasteiger partial charge on any atom is 0.494 e. The van der Waals surface area contributed by atoms with Crippen LogP contribution in [-0.4, -0.2) is 85.0 Å². The first-order chi connectivity index (χ1) is 28.0. The van der Waals surface area contributed by atoms with Gasteiger partial charge in [-0.3, -0.25) is 14.4 Å². The molecular formula is C43H55BClIN4O10. The van der Waals surface area contributed by atoms with Gasteiger partial charge in [0.05, 0.1) is 21.9 Å². The Morgan fingerprint density at radius 1 is 0.750 bits per heavy atom. The van der Waals surface area contributed by atoms with Gasteiger partial charge in [-0.25, -0.2) is 9.59 Å². The maximum absolute atomic E-state index is 13.8. The lowest BCUT2D eigenvalue weighted by molar-refractivity contribution is -0.145. The number of esters is 1. The molecule has 0 saturated carbocycles. The van der Waals surface area contributed by atoms with E-state index in [0.29, 0.717) is 28.4 Å². The van der Waals surface area contributed by atoms with Crippen LogP contribution in [-0.2, 0) is 57.4 Å². The van der Waals surface area contributed by atoms with Crippen LogP contribution in [0.25, 0.3) is 0 Å². The number of benzene rings is 3. The Bertz CT molecular complexity index is 2010. The van der Waals surface area contributed by atoms with Crippen molar-refractivity contribution < 1.29 is 47.5 Å². The number of carbonyl (C=O) groups excluding carboxylic acids is 5. The fourth-order valence-electron chi connectivity index (χ4n) is 5.98. The summed E-state index contributed by atoms with van der Waals surface area (Å²) in [5.74, 6) is -2.05. The number of rotatable bonds is 16. The fraction of sp³-hybridized carbons (Fsp3) is 0.465. The normalized spacial score (nSPS) is 16.4. The molecule has 0 aromatic heterocycles. The van der Waals surface area contributed by atoms with Crippen LogP contribution in [0.15, 0.2) is 66.7 Å². The molecule has 4 N–H and O–H groups in total. The van der Waals surface area contributed by atoms with Crippen LogP contribution in [0.4, 0.5) is 4.79 Å². The van der Waals surface area contributed by atoms with Crippen molar-refractivity contribution >= 4 is 76.6 Å². The van der Waals surface area contributed by atoms with Crippen LogP contribution in [0.3, 0.4) is 0 Å². The van der Waals surface area contributed by atoms with E-state index in [0.717, 1.165) is 14.7 Å². The van der Waals surface area contributed by atoms with Crippen LogP contribution >= 0.6 is 34.2 Å². The van der Waals surface area contributed by atoms with Crippen molar-refractivity contribution in [3.63, 3.8) is 0 Å². The highest BCUT2D eigenvalue weighted by Crippen LogP contribution is 2.36. The second-order valence-corrected chi connectivity index (χ2v) is 18.3. The van der Waals surface area contributed by atoms with Crippen molar-refractivity contribution in [3.8, 4) is 5.75 Å². The number of alkyl carbamates (subject to hydrolysis) is 1. The number of hydrogen-bond acceptors (Lipinski definition) is 10. The van der Waals surface area contributed by atoms with Crippen LogP contribution in [0.5, 0.6) is 5.75 Å². The zero-order chi connectivity index (χ0) is 44.6. The van der Waals surface area contributed by atoms with Crippen molar-refractivity contribution in [2.75, 3.05) is 7.11 Å². The molecule has 17 heteroatoms. The van der Waals surface area contributed by atoms with Crippen LogP contribution in [0.2, 0.25) is 5.02 Å². The lowest BCUT2D eigenvalue weighted by Crippen LogP contribution is -2.57. The summed E-state index contributed by atoms with van der Waals surface area (Å²) in [4.78, 5) is 66.1. The van der Waals surface area contributed by atoms with Gasteiger partial charge in [-0.2, -0.15) is 0 Å². The zero-order valence-corrected chi connectivity index (χ0v) is 38.6. The monoisotopic (exact) mass is 960 g/mol. The molecule has 3 aromatic carbocycles. The summed E-state index contributed by atoms with van der Waals surface area (Å²) in [6, 6.07) is 15.8. The topological polar surface area (TPSA) is 180 Å². The van der Waals surface area contributed by atoms with Gasteiger partial charge in [0.1, 0.15) is 42.1 Å². The molecular weight excluding hydrogens is 906 g/mol. The van der Waals surface area contributed by atoms with Gasteiger partial charge in [0.2, 0.25) is 17.7 Å². The zero-order valence-electron chi connectivity index (χ0n) is 35.7. The molecule has 1 aliphatic rings. The third kappa shape index (κ3) is 13.8. The quantitative estimate of drug-likeness (QED) is 0.0851. The maximum atomic E-state index is 13.8. The molecule has 0 aliphatic carbocycles. The molecule has 1 aliphatic heterocycles. The first kappa shape index (κ1) is 48.3. The van der Waals surface area contributed by atoms with Crippen LogP contribution < -0.4 is 31.5 Å². The average Bonchev–Trinajstić information content (AvgIpc) is 3.38. The predicted octanol–water partition coefficient (Wildman–Crippen LogP) is 5.17. The molecule has 1 fully saturated rings. The lowest BCUT2D eigenvalue weighted by atomic mass is 9.78. The third-order valence-corrected chi connectivity index (χ3v) is 11.0. The summed E-state index contributed by atoms with van der Waals surface area (Å²) < 4.78 is 29.6. The molecule has 1 heterocycles. The first-order valence-electron chi connectivity index (χ1n) is 19.6. The molecule has 0 bridgehead atoms. The van der Waals surface area contributed by atoms with Crippen LogP contribution in [0, 0.1) is 3.57 Å². The van der Waals surface area contributed by atoms with Gasteiger partial charge in [-0.05, 0) is 131 Å². The van der Waals surface area contributed by atoms with Crippen molar-refractivity contribution in [1.29, 1.82) is 0 Å². The van der Waals surface area contributed by atoms with E-state index in [2.05, 4.69) is 43.9 Å². The van der Waals surface area contributed by atoms with Gasteiger partial charge in [-0.15, -0.1) is 0 Å². The highest BCUT2D eigenvalue weighted by molar-refractivity contribution is 14.1. The van der Waals surface area contributed by atoms with E-state index >= 15 is 0 Å². The van der Waals surface area contributed by atoms with Gasteiger partial charge in [0, 0.05) is 17.9 Å². The number of hydrogen-bond donors (Lipinski definition) is 4. The molecule has 4 rings (SSSR count). The number of halogens is 2. The number of amides is 4. The first-order valence-corrected chi connectivity index (χ1v) is 21.0. The minimum atomic E-state index is -1.21. The molecule has 3 aromatic rings. The van der Waals surface area contributed by atoms with E-state index in [1.807, 2.05) is 64.1 Å². The minimum Gasteiger partial charge on any atom is -0.488 e. The molecule has 324 valence electrons. The molecule has 0 radical (unpaired) electrons. The van der Waals surface area contributed by atoms with Crippen LogP contribution in [0.1, 0.15) is 79.0 Å². The summed E-state index contributed by atoms with van der Waals surface area (Å²) in [6.45, 7) is 16.1. The molecule has 0 spiro atoms. The molecule has 60 heavy (non-hydrogen) atoms. The Morgan fingerprint density at radius 2 is 1.33 bits per heavy atom. The number of carbonyl (C=O) groups is 5. The molecule has 0 unspecified atom stereocenters. The summed E-state index contributed by atoms with van der Waals surface area (Å²) in [6.07, 6.45) is -0.777. The molecule has 4 atom stereocenters. The second-order valence-electron chi connectivity index (χ2n) is 16.7. The van der Waals surface area contributed by atoms with Crippen molar-refractivity contribution in [2.45, 2.75) is 123 Å². The Morgan fingerprint density at radius 3 is 1.92 bits per heavy atom. The average molecular weight is 961 g/mol. The summed E-state index contributed by atoms with van der Waals surface area (Å²) >= 11 is 8.67. The highest BCUT2D eigenvalue weighted by Gasteiger charge is 2.51.